The van der Waals surface area contributed by atoms with Crippen LogP contribution in [0.4, 0.5) is 11.4 Å². The Morgan fingerprint density at radius 1 is 1.16 bits per heavy atom. The van der Waals surface area contributed by atoms with Gasteiger partial charge >= 0.3 is 0 Å². The molecule has 0 unspecified atom stereocenters. The first-order valence-electron chi connectivity index (χ1n) is 5.89. The summed E-state index contributed by atoms with van der Waals surface area (Å²) in [6, 6.07) is 13.8. The predicted molar refractivity (Wildman–Crippen MR) is 86.6 cm³/mol. The molecule has 4 heteroatoms. The van der Waals surface area contributed by atoms with Gasteiger partial charge in [0.25, 0.3) is 0 Å². The summed E-state index contributed by atoms with van der Waals surface area (Å²) in [6.07, 6.45) is 0. The number of rotatable bonds is 3. The highest BCUT2D eigenvalue weighted by Gasteiger charge is 2.11. The van der Waals surface area contributed by atoms with E-state index in [4.69, 9.17) is 29.6 Å². The third-order valence-corrected chi connectivity index (χ3v) is 3.61. The van der Waals surface area contributed by atoms with Crippen molar-refractivity contribution >= 4 is 40.2 Å². The fourth-order valence-corrected chi connectivity index (χ4v) is 2.44. The van der Waals surface area contributed by atoms with Crippen molar-refractivity contribution in [1.82, 2.24) is 0 Å². The van der Waals surface area contributed by atoms with Gasteiger partial charge < -0.3 is 10.6 Å². The van der Waals surface area contributed by atoms with E-state index in [1.54, 1.807) is 6.07 Å². The van der Waals surface area contributed by atoms with E-state index >= 15 is 0 Å². The minimum atomic E-state index is 0.354. The largest absolute Gasteiger partial charge is 0.389 e. The van der Waals surface area contributed by atoms with Gasteiger partial charge in [-0.2, -0.15) is 0 Å². The molecule has 0 saturated heterocycles. The van der Waals surface area contributed by atoms with Crippen LogP contribution < -0.4 is 10.6 Å². The van der Waals surface area contributed by atoms with Gasteiger partial charge in [-0.3, -0.25) is 0 Å². The molecule has 19 heavy (non-hydrogen) atoms. The first-order valence-corrected chi connectivity index (χ1v) is 6.68. The molecule has 2 N–H and O–H groups in total. The van der Waals surface area contributed by atoms with Crippen molar-refractivity contribution in [2.24, 2.45) is 5.73 Å². The SMILES string of the molecule is Cc1ccccc1N(C)c1ccc(C(N)=S)cc1Cl. The van der Waals surface area contributed by atoms with Crippen LogP contribution in [0.2, 0.25) is 5.02 Å². The summed E-state index contributed by atoms with van der Waals surface area (Å²) in [5.41, 5.74) is 9.62. The van der Waals surface area contributed by atoms with Gasteiger partial charge in [0.1, 0.15) is 4.99 Å². The highest BCUT2D eigenvalue weighted by atomic mass is 35.5. The molecule has 0 atom stereocenters. The Morgan fingerprint density at radius 3 is 2.42 bits per heavy atom. The lowest BCUT2D eigenvalue weighted by Crippen LogP contribution is -2.13. The minimum Gasteiger partial charge on any atom is -0.389 e. The zero-order valence-electron chi connectivity index (χ0n) is 10.9. The second-order valence-electron chi connectivity index (χ2n) is 4.38. The molecule has 0 aromatic heterocycles. The third-order valence-electron chi connectivity index (χ3n) is 3.07. The van der Waals surface area contributed by atoms with E-state index in [1.807, 2.05) is 31.3 Å². The molecule has 0 heterocycles. The normalized spacial score (nSPS) is 10.3. The van der Waals surface area contributed by atoms with E-state index in [0.29, 0.717) is 10.0 Å². The Labute approximate surface area is 123 Å². The van der Waals surface area contributed by atoms with Gasteiger partial charge in [0.05, 0.1) is 10.7 Å². The summed E-state index contributed by atoms with van der Waals surface area (Å²) in [7, 11) is 1.99. The molecule has 0 aliphatic carbocycles. The number of nitrogens with two attached hydrogens (primary N) is 1. The number of aryl methyl sites for hydroxylation is 1. The number of halogens is 1. The van der Waals surface area contributed by atoms with Crippen molar-refractivity contribution in [3.63, 3.8) is 0 Å². The second kappa shape index (κ2) is 5.59. The van der Waals surface area contributed by atoms with E-state index in [9.17, 15) is 0 Å². The fourth-order valence-electron chi connectivity index (χ4n) is 2.00. The van der Waals surface area contributed by atoms with Crippen LogP contribution in [0.15, 0.2) is 42.5 Å². The second-order valence-corrected chi connectivity index (χ2v) is 5.22. The van der Waals surface area contributed by atoms with Crippen LogP contribution in [0, 0.1) is 6.92 Å². The zero-order valence-corrected chi connectivity index (χ0v) is 12.4. The van der Waals surface area contributed by atoms with Crippen LogP contribution in [0.5, 0.6) is 0 Å². The molecule has 2 rings (SSSR count). The molecule has 0 bridgehead atoms. The maximum Gasteiger partial charge on any atom is 0.104 e. The van der Waals surface area contributed by atoms with Gasteiger partial charge in [0.15, 0.2) is 0 Å². The number of para-hydroxylation sites is 1. The van der Waals surface area contributed by atoms with Gasteiger partial charge in [0, 0.05) is 18.3 Å². The molecular formula is C15H15ClN2S. The Morgan fingerprint density at radius 2 is 1.84 bits per heavy atom. The third kappa shape index (κ3) is 2.88. The van der Waals surface area contributed by atoms with Crippen molar-refractivity contribution in [2.45, 2.75) is 6.92 Å². The number of benzene rings is 2. The fraction of sp³-hybridized carbons (Fsp3) is 0.133. The molecule has 0 radical (unpaired) electrons. The molecule has 2 nitrogen and oxygen atoms in total. The Balaban J connectivity index is 2.42. The smallest absolute Gasteiger partial charge is 0.104 e. The summed E-state index contributed by atoms with van der Waals surface area (Å²) < 4.78 is 0. The van der Waals surface area contributed by atoms with E-state index in [2.05, 4.69) is 24.0 Å². The number of hydrogen-bond donors (Lipinski definition) is 1. The van der Waals surface area contributed by atoms with Crippen molar-refractivity contribution in [3.05, 3.63) is 58.6 Å². The summed E-state index contributed by atoms with van der Waals surface area (Å²) in [4.78, 5) is 2.41. The lowest BCUT2D eigenvalue weighted by Gasteiger charge is -2.23. The molecule has 0 amide bonds. The van der Waals surface area contributed by atoms with E-state index < -0.39 is 0 Å². The molecule has 0 fully saturated rings. The summed E-state index contributed by atoms with van der Waals surface area (Å²) >= 11 is 11.3. The van der Waals surface area contributed by atoms with Crippen LogP contribution in [-0.2, 0) is 0 Å². The van der Waals surface area contributed by atoms with Crippen molar-refractivity contribution in [3.8, 4) is 0 Å². The molecule has 0 aliphatic rings. The van der Waals surface area contributed by atoms with E-state index in [1.165, 1.54) is 5.56 Å². The monoisotopic (exact) mass is 290 g/mol. The van der Waals surface area contributed by atoms with Crippen molar-refractivity contribution in [2.75, 3.05) is 11.9 Å². The molecule has 0 aliphatic heterocycles. The highest BCUT2D eigenvalue weighted by Crippen LogP contribution is 2.32. The standard InChI is InChI=1S/C15H15ClN2S/c1-10-5-3-4-6-13(10)18(2)14-8-7-11(15(17)19)9-12(14)16/h3-9H,1-2H3,(H2,17,19). The van der Waals surface area contributed by atoms with Crippen molar-refractivity contribution in [1.29, 1.82) is 0 Å². The van der Waals surface area contributed by atoms with Crippen LogP contribution >= 0.6 is 23.8 Å². The summed E-state index contributed by atoms with van der Waals surface area (Å²) in [5.74, 6) is 0. The Kier molecular flexibility index (Phi) is 4.08. The molecular weight excluding hydrogens is 276 g/mol. The molecule has 0 spiro atoms. The molecule has 98 valence electrons. The van der Waals surface area contributed by atoms with Gasteiger partial charge in [-0.1, -0.05) is 42.0 Å². The molecule has 0 saturated carbocycles. The number of nitrogens with zero attached hydrogens (tertiary/aromatic N) is 1. The van der Waals surface area contributed by atoms with Crippen molar-refractivity contribution < 1.29 is 0 Å². The van der Waals surface area contributed by atoms with Gasteiger partial charge in [-0.05, 0) is 36.8 Å². The van der Waals surface area contributed by atoms with Crippen LogP contribution in [0.3, 0.4) is 0 Å². The quantitative estimate of drug-likeness (QED) is 0.865. The lowest BCUT2D eigenvalue weighted by molar-refractivity contribution is 1.18. The first kappa shape index (κ1) is 13.8. The van der Waals surface area contributed by atoms with E-state index in [-0.39, 0.29) is 0 Å². The maximum atomic E-state index is 6.31. The number of anilines is 2. The lowest BCUT2D eigenvalue weighted by atomic mass is 10.1. The van der Waals surface area contributed by atoms with Crippen LogP contribution in [-0.4, -0.2) is 12.0 Å². The topological polar surface area (TPSA) is 29.3 Å². The zero-order chi connectivity index (χ0) is 14.0. The Bertz CT molecular complexity index is 625. The first-order chi connectivity index (χ1) is 9.00. The van der Waals surface area contributed by atoms with Gasteiger partial charge in [-0.15, -0.1) is 0 Å². The highest BCUT2D eigenvalue weighted by molar-refractivity contribution is 7.80. The average molecular weight is 291 g/mol. The molecule has 2 aromatic carbocycles. The van der Waals surface area contributed by atoms with E-state index in [0.717, 1.165) is 16.9 Å². The predicted octanol–water partition coefficient (Wildman–Crippen LogP) is 4.05. The minimum absolute atomic E-state index is 0.354. The van der Waals surface area contributed by atoms with Crippen LogP contribution in [0.1, 0.15) is 11.1 Å². The van der Waals surface area contributed by atoms with Crippen LogP contribution in [0.25, 0.3) is 0 Å². The molecule has 2 aromatic rings. The maximum absolute atomic E-state index is 6.31. The summed E-state index contributed by atoms with van der Waals surface area (Å²) in [6.45, 7) is 2.07. The average Bonchev–Trinajstić information content (AvgIpc) is 2.38. The van der Waals surface area contributed by atoms with Gasteiger partial charge in [-0.25, -0.2) is 0 Å². The number of hydrogen-bond acceptors (Lipinski definition) is 2. The van der Waals surface area contributed by atoms with Gasteiger partial charge in [0.2, 0.25) is 0 Å². The number of thiocarbonyl (C=S) groups is 1. The summed E-state index contributed by atoms with van der Waals surface area (Å²) in [5, 5.41) is 0.635. The Hall–Kier alpha value is -1.58.